The summed E-state index contributed by atoms with van der Waals surface area (Å²) in [6.45, 7) is 0.198. The van der Waals surface area contributed by atoms with E-state index in [-0.39, 0.29) is 17.3 Å². The number of pyridine rings is 1. The zero-order valence-corrected chi connectivity index (χ0v) is 14.7. The number of hydrogen-bond donors (Lipinski definition) is 1. The van der Waals surface area contributed by atoms with Crippen molar-refractivity contribution in [2.45, 2.75) is 11.3 Å². The fourth-order valence-electron chi connectivity index (χ4n) is 1.96. The van der Waals surface area contributed by atoms with Gasteiger partial charge in [-0.15, -0.1) is 0 Å². The van der Waals surface area contributed by atoms with Gasteiger partial charge in [-0.25, -0.2) is 13.1 Å². The van der Waals surface area contributed by atoms with Crippen molar-refractivity contribution >= 4 is 27.5 Å². The third-order valence-corrected chi connectivity index (χ3v) is 5.12. The summed E-state index contributed by atoms with van der Waals surface area (Å²) in [6.07, 6.45) is 4.06. The quantitative estimate of drug-likeness (QED) is 0.808. The van der Waals surface area contributed by atoms with Crippen LogP contribution in [0.15, 0.2) is 53.7 Å². The molecule has 1 N–H and O–H groups in total. The highest BCUT2D eigenvalue weighted by atomic mass is 35.5. The Bertz CT molecular complexity index is 780. The van der Waals surface area contributed by atoms with Gasteiger partial charge in [0.15, 0.2) is 0 Å². The monoisotopic (exact) mass is 367 g/mol. The lowest BCUT2D eigenvalue weighted by molar-refractivity contribution is -0.128. The smallest absolute Gasteiger partial charge is 0.241 e. The zero-order valence-electron chi connectivity index (χ0n) is 13.1. The van der Waals surface area contributed by atoms with Crippen molar-refractivity contribution in [3.8, 4) is 0 Å². The Kier molecular flexibility index (Phi) is 6.30. The van der Waals surface area contributed by atoms with Crippen LogP contribution >= 0.6 is 11.6 Å². The summed E-state index contributed by atoms with van der Waals surface area (Å²) < 4.78 is 26.5. The predicted molar refractivity (Wildman–Crippen MR) is 92.2 cm³/mol. The van der Waals surface area contributed by atoms with Crippen molar-refractivity contribution in [2.24, 2.45) is 0 Å². The Morgan fingerprint density at radius 2 is 1.79 bits per heavy atom. The molecule has 0 aliphatic carbocycles. The maximum absolute atomic E-state index is 12.1. The van der Waals surface area contributed by atoms with Crippen molar-refractivity contribution in [1.82, 2.24) is 14.6 Å². The van der Waals surface area contributed by atoms with Crippen LogP contribution in [-0.4, -0.2) is 44.3 Å². The van der Waals surface area contributed by atoms with E-state index >= 15 is 0 Å². The third kappa shape index (κ3) is 5.30. The van der Waals surface area contributed by atoms with Gasteiger partial charge in [-0.3, -0.25) is 9.78 Å². The molecule has 0 spiro atoms. The van der Waals surface area contributed by atoms with Crippen LogP contribution in [0.4, 0.5) is 0 Å². The molecule has 0 aliphatic rings. The molecule has 2 rings (SSSR count). The molecular formula is C16H18ClN3O3S. The summed E-state index contributed by atoms with van der Waals surface area (Å²) in [5, 5.41) is 0.445. The van der Waals surface area contributed by atoms with Crippen LogP contribution in [0.1, 0.15) is 5.56 Å². The van der Waals surface area contributed by atoms with Gasteiger partial charge in [-0.05, 0) is 48.4 Å². The molecule has 1 aromatic carbocycles. The third-order valence-electron chi connectivity index (χ3n) is 3.45. The highest BCUT2D eigenvalue weighted by Crippen LogP contribution is 2.13. The molecule has 128 valence electrons. The number of benzene rings is 1. The maximum atomic E-state index is 12.1. The summed E-state index contributed by atoms with van der Waals surface area (Å²) in [6, 6.07) is 9.51. The first kappa shape index (κ1) is 18.4. The number of aromatic nitrogens is 1. The normalized spacial score (nSPS) is 11.2. The lowest BCUT2D eigenvalue weighted by Crippen LogP contribution is -2.38. The molecule has 1 heterocycles. The van der Waals surface area contributed by atoms with E-state index in [0.717, 1.165) is 5.56 Å². The van der Waals surface area contributed by atoms with E-state index in [1.54, 1.807) is 19.4 Å². The second-order valence-corrected chi connectivity index (χ2v) is 7.40. The predicted octanol–water partition coefficient (Wildman–Crippen LogP) is 1.71. The molecule has 0 saturated carbocycles. The van der Waals surface area contributed by atoms with Gasteiger partial charge in [0.1, 0.15) is 0 Å². The molecule has 1 amide bonds. The van der Waals surface area contributed by atoms with E-state index in [1.165, 1.54) is 29.2 Å². The Morgan fingerprint density at radius 3 is 2.42 bits per heavy atom. The summed E-state index contributed by atoms with van der Waals surface area (Å²) >= 11 is 5.74. The van der Waals surface area contributed by atoms with Gasteiger partial charge in [-0.1, -0.05) is 11.6 Å². The number of likely N-dealkylation sites (N-methyl/N-ethyl adjacent to an activating group) is 1. The SMILES string of the molecule is CN(CCc1ccncc1)C(=O)CNS(=O)(=O)c1ccc(Cl)cc1. The maximum Gasteiger partial charge on any atom is 0.241 e. The molecule has 0 fully saturated rings. The molecule has 0 radical (unpaired) electrons. The van der Waals surface area contributed by atoms with Gasteiger partial charge >= 0.3 is 0 Å². The van der Waals surface area contributed by atoms with E-state index in [2.05, 4.69) is 9.71 Å². The minimum absolute atomic E-state index is 0.0686. The lowest BCUT2D eigenvalue weighted by atomic mass is 10.2. The molecule has 0 aliphatic heterocycles. The van der Waals surface area contributed by atoms with Gasteiger partial charge < -0.3 is 4.90 Å². The highest BCUT2D eigenvalue weighted by Gasteiger charge is 2.17. The fraction of sp³-hybridized carbons (Fsp3) is 0.250. The number of amides is 1. The van der Waals surface area contributed by atoms with E-state index in [9.17, 15) is 13.2 Å². The number of carbonyl (C=O) groups is 1. The Morgan fingerprint density at radius 1 is 1.17 bits per heavy atom. The number of nitrogens with one attached hydrogen (secondary N) is 1. The standard InChI is InChI=1S/C16H18ClN3O3S/c1-20(11-8-13-6-9-18-10-7-13)16(21)12-19-24(22,23)15-4-2-14(17)3-5-15/h2-7,9-10,19H,8,11-12H2,1H3. The van der Waals surface area contributed by atoms with E-state index in [4.69, 9.17) is 11.6 Å². The van der Waals surface area contributed by atoms with E-state index < -0.39 is 10.0 Å². The van der Waals surface area contributed by atoms with Crippen LogP contribution in [0.2, 0.25) is 5.02 Å². The minimum Gasteiger partial charge on any atom is -0.344 e. The number of sulfonamides is 1. The number of rotatable bonds is 7. The minimum atomic E-state index is -3.74. The number of nitrogens with zero attached hydrogens (tertiary/aromatic N) is 2. The molecule has 6 nitrogen and oxygen atoms in total. The van der Waals surface area contributed by atoms with Crippen LogP contribution in [-0.2, 0) is 21.2 Å². The molecular weight excluding hydrogens is 350 g/mol. The van der Waals surface area contributed by atoms with Gasteiger partial charge in [0.05, 0.1) is 11.4 Å². The average Bonchev–Trinajstić information content (AvgIpc) is 2.59. The summed E-state index contributed by atoms with van der Waals surface area (Å²) in [5.74, 6) is -0.304. The Balaban J connectivity index is 1.86. The largest absolute Gasteiger partial charge is 0.344 e. The topological polar surface area (TPSA) is 79.4 Å². The first-order chi connectivity index (χ1) is 11.4. The van der Waals surface area contributed by atoms with Crippen molar-refractivity contribution in [3.63, 3.8) is 0 Å². The number of halogens is 1. The summed E-state index contributed by atoms with van der Waals surface area (Å²) in [5.41, 5.74) is 1.06. The first-order valence-electron chi connectivity index (χ1n) is 7.26. The Labute approximate surface area is 146 Å². The van der Waals surface area contributed by atoms with Crippen LogP contribution in [0.5, 0.6) is 0 Å². The van der Waals surface area contributed by atoms with Crippen molar-refractivity contribution in [1.29, 1.82) is 0 Å². The van der Waals surface area contributed by atoms with Gasteiger partial charge in [0, 0.05) is 31.0 Å². The first-order valence-corrected chi connectivity index (χ1v) is 9.13. The second-order valence-electron chi connectivity index (χ2n) is 5.20. The van der Waals surface area contributed by atoms with Crippen LogP contribution in [0.25, 0.3) is 0 Å². The fourth-order valence-corrected chi connectivity index (χ4v) is 3.06. The summed E-state index contributed by atoms with van der Waals surface area (Å²) in [7, 11) is -2.10. The van der Waals surface area contributed by atoms with Crippen molar-refractivity contribution in [2.75, 3.05) is 20.1 Å². The second kappa shape index (κ2) is 8.23. The molecule has 0 atom stereocenters. The van der Waals surface area contributed by atoms with Gasteiger partial charge in [-0.2, -0.15) is 0 Å². The van der Waals surface area contributed by atoms with Crippen LogP contribution in [0.3, 0.4) is 0 Å². The van der Waals surface area contributed by atoms with Crippen LogP contribution < -0.4 is 4.72 Å². The molecule has 8 heteroatoms. The number of hydrogen-bond acceptors (Lipinski definition) is 4. The summed E-state index contributed by atoms with van der Waals surface area (Å²) in [4.78, 5) is 17.6. The molecule has 2 aromatic rings. The van der Waals surface area contributed by atoms with Crippen LogP contribution in [0, 0.1) is 0 Å². The van der Waals surface area contributed by atoms with Gasteiger partial charge in [0.2, 0.25) is 15.9 Å². The molecule has 24 heavy (non-hydrogen) atoms. The molecule has 0 saturated heterocycles. The molecule has 1 aromatic heterocycles. The lowest BCUT2D eigenvalue weighted by Gasteiger charge is -2.17. The molecule has 0 bridgehead atoms. The van der Waals surface area contributed by atoms with Gasteiger partial charge in [0.25, 0.3) is 0 Å². The average molecular weight is 368 g/mol. The van der Waals surface area contributed by atoms with E-state index in [0.29, 0.717) is 18.0 Å². The highest BCUT2D eigenvalue weighted by molar-refractivity contribution is 7.89. The zero-order chi connectivity index (χ0) is 17.6. The number of carbonyl (C=O) groups excluding carboxylic acids is 1. The molecule has 0 unspecified atom stereocenters. The van der Waals surface area contributed by atoms with Crippen molar-refractivity contribution in [3.05, 3.63) is 59.4 Å². The van der Waals surface area contributed by atoms with Crippen molar-refractivity contribution < 1.29 is 13.2 Å². The van der Waals surface area contributed by atoms with E-state index in [1.807, 2.05) is 12.1 Å². The Hall–Kier alpha value is -1.96.